The molecule has 0 N–H and O–H groups in total. The van der Waals surface area contributed by atoms with Crippen LogP contribution in [0.5, 0.6) is 0 Å². The van der Waals surface area contributed by atoms with Gasteiger partial charge in [0.05, 0.1) is 0 Å². The van der Waals surface area contributed by atoms with Gasteiger partial charge in [0.15, 0.2) is 0 Å². The molecule has 0 aromatic heterocycles. The van der Waals surface area contributed by atoms with Gasteiger partial charge in [-0.05, 0) is 70.0 Å². The van der Waals surface area contributed by atoms with E-state index in [1.807, 2.05) is 0 Å². The summed E-state index contributed by atoms with van der Waals surface area (Å²) in [6, 6.07) is 0. The molecule has 2 aliphatic rings. The molecule has 2 nitrogen and oxygen atoms in total. The number of ether oxygens (including phenoxy) is 1. The normalized spacial score (nSPS) is 25.2. The second-order valence-electron chi connectivity index (χ2n) is 5.89. The van der Waals surface area contributed by atoms with Gasteiger partial charge in [-0.3, -0.25) is 0 Å². The molecule has 17 heavy (non-hydrogen) atoms. The Bertz CT molecular complexity index is 193. The van der Waals surface area contributed by atoms with Crippen LogP contribution in [0.1, 0.15) is 51.9 Å². The van der Waals surface area contributed by atoms with Gasteiger partial charge in [-0.2, -0.15) is 0 Å². The Hall–Kier alpha value is -0.0800. The Morgan fingerprint density at radius 2 is 1.71 bits per heavy atom. The third kappa shape index (κ3) is 4.59. The Balaban J connectivity index is 1.53. The van der Waals surface area contributed by atoms with Gasteiger partial charge in [-0.1, -0.05) is 13.3 Å². The SMILES string of the molecule is CCC1CCN(CCCC2CCOCC2)CC1. The summed E-state index contributed by atoms with van der Waals surface area (Å²) in [5.74, 6) is 1.97. The summed E-state index contributed by atoms with van der Waals surface area (Å²) >= 11 is 0. The lowest BCUT2D eigenvalue weighted by atomic mass is 9.93. The van der Waals surface area contributed by atoms with Crippen LogP contribution in [0.2, 0.25) is 0 Å². The number of likely N-dealkylation sites (tertiary alicyclic amines) is 1. The highest BCUT2D eigenvalue weighted by molar-refractivity contribution is 4.72. The average molecular weight is 239 g/mol. The van der Waals surface area contributed by atoms with Crippen molar-refractivity contribution in [1.82, 2.24) is 4.90 Å². The van der Waals surface area contributed by atoms with Crippen molar-refractivity contribution < 1.29 is 4.74 Å². The standard InChI is InChI=1S/C15H29NO/c1-2-14-5-10-16(11-6-14)9-3-4-15-7-12-17-13-8-15/h14-15H,2-13H2,1H3. The smallest absolute Gasteiger partial charge is 0.0468 e. The summed E-state index contributed by atoms with van der Waals surface area (Å²) in [7, 11) is 0. The predicted molar refractivity (Wildman–Crippen MR) is 72.2 cm³/mol. The molecule has 0 bridgehead atoms. The monoisotopic (exact) mass is 239 g/mol. The quantitative estimate of drug-likeness (QED) is 0.730. The van der Waals surface area contributed by atoms with Crippen LogP contribution in [0, 0.1) is 11.8 Å². The summed E-state index contributed by atoms with van der Waals surface area (Å²) in [6.07, 6.45) is 9.70. The Morgan fingerprint density at radius 3 is 2.35 bits per heavy atom. The first-order chi connectivity index (χ1) is 8.38. The third-order valence-corrected chi connectivity index (χ3v) is 4.71. The number of nitrogens with zero attached hydrogens (tertiary/aromatic N) is 1. The van der Waals surface area contributed by atoms with E-state index in [1.54, 1.807) is 0 Å². The first kappa shape index (κ1) is 13.4. The van der Waals surface area contributed by atoms with E-state index in [0.29, 0.717) is 0 Å². The lowest BCUT2D eigenvalue weighted by Crippen LogP contribution is -2.34. The molecule has 2 saturated heterocycles. The van der Waals surface area contributed by atoms with Gasteiger partial charge in [-0.25, -0.2) is 0 Å². The van der Waals surface area contributed by atoms with Gasteiger partial charge in [0.25, 0.3) is 0 Å². The molecule has 2 rings (SSSR count). The maximum atomic E-state index is 5.41. The van der Waals surface area contributed by atoms with Crippen molar-refractivity contribution in [3.63, 3.8) is 0 Å². The van der Waals surface area contributed by atoms with Crippen LogP contribution in [0.25, 0.3) is 0 Å². The summed E-state index contributed by atoms with van der Waals surface area (Å²) in [5.41, 5.74) is 0. The fourth-order valence-electron chi connectivity index (χ4n) is 3.26. The van der Waals surface area contributed by atoms with E-state index in [4.69, 9.17) is 4.74 Å². The van der Waals surface area contributed by atoms with Crippen molar-refractivity contribution in [2.45, 2.75) is 51.9 Å². The molecule has 2 aliphatic heterocycles. The van der Waals surface area contributed by atoms with Crippen molar-refractivity contribution in [1.29, 1.82) is 0 Å². The maximum Gasteiger partial charge on any atom is 0.0468 e. The Kier molecular flexibility index (Phi) is 5.79. The van der Waals surface area contributed by atoms with Crippen LogP contribution in [-0.4, -0.2) is 37.7 Å². The van der Waals surface area contributed by atoms with E-state index in [-0.39, 0.29) is 0 Å². The van der Waals surface area contributed by atoms with Gasteiger partial charge >= 0.3 is 0 Å². The molecule has 0 aliphatic carbocycles. The summed E-state index contributed by atoms with van der Waals surface area (Å²) in [5, 5.41) is 0. The molecule has 2 fully saturated rings. The topological polar surface area (TPSA) is 12.5 Å². The molecule has 2 heterocycles. The third-order valence-electron chi connectivity index (χ3n) is 4.71. The van der Waals surface area contributed by atoms with Gasteiger partial charge in [0, 0.05) is 13.2 Å². The van der Waals surface area contributed by atoms with E-state index in [2.05, 4.69) is 11.8 Å². The predicted octanol–water partition coefficient (Wildman–Crippen LogP) is 3.32. The largest absolute Gasteiger partial charge is 0.381 e. The van der Waals surface area contributed by atoms with Crippen molar-refractivity contribution in [3.05, 3.63) is 0 Å². The van der Waals surface area contributed by atoms with Crippen LogP contribution in [-0.2, 0) is 4.74 Å². The highest BCUT2D eigenvalue weighted by Crippen LogP contribution is 2.22. The van der Waals surface area contributed by atoms with E-state index in [9.17, 15) is 0 Å². The van der Waals surface area contributed by atoms with Gasteiger partial charge in [0.1, 0.15) is 0 Å². The molecular formula is C15H29NO. The van der Waals surface area contributed by atoms with Crippen molar-refractivity contribution in [3.8, 4) is 0 Å². The zero-order valence-electron chi connectivity index (χ0n) is 11.5. The molecule has 0 aromatic rings. The van der Waals surface area contributed by atoms with E-state index >= 15 is 0 Å². The zero-order chi connectivity index (χ0) is 11.9. The Labute approximate surface area is 107 Å². The average Bonchev–Trinajstić information content (AvgIpc) is 2.41. The highest BCUT2D eigenvalue weighted by atomic mass is 16.5. The van der Waals surface area contributed by atoms with Crippen LogP contribution in [0.3, 0.4) is 0 Å². The fraction of sp³-hybridized carbons (Fsp3) is 1.00. The minimum absolute atomic E-state index is 0.955. The van der Waals surface area contributed by atoms with Crippen LogP contribution < -0.4 is 0 Å². The summed E-state index contributed by atoms with van der Waals surface area (Å²) in [4.78, 5) is 2.69. The molecule has 0 saturated carbocycles. The van der Waals surface area contributed by atoms with E-state index < -0.39 is 0 Å². The molecular weight excluding hydrogens is 210 g/mol. The number of hydrogen-bond acceptors (Lipinski definition) is 2. The second kappa shape index (κ2) is 7.38. The van der Waals surface area contributed by atoms with Crippen LogP contribution in [0.15, 0.2) is 0 Å². The lowest BCUT2D eigenvalue weighted by molar-refractivity contribution is 0.0617. The molecule has 0 spiro atoms. The molecule has 0 radical (unpaired) electrons. The van der Waals surface area contributed by atoms with Crippen LogP contribution >= 0.6 is 0 Å². The van der Waals surface area contributed by atoms with Gasteiger partial charge in [-0.15, -0.1) is 0 Å². The zero-order valence-corrected chi connectivity index (χ0v) is 11.5. The van der Waals surface area contributed by atoms with Gasteiger partial charge < -0.3 is 9.64 Å². The number of hydrogen-bond donors (Lipinski definition) is 0. The van der Waals surface area contributed by atoms with Crippen molar-refractivity contribution in [2.75, 3.05) is 32.8 Å². The van der Waals surface area contributed by atoms with E-state index in [1.165, 1.54) is 64.6 Å². The first-order valence-electron chi connectivity index (χ1n) is 7.68. The Morgan fingerprint density at radius 1 is 1.00 bits per heavy atom. The molecule has 0 unspecified atom stereocenters. The van der Waals surface area contributed by atoms with Crippen molar-refractivity contribution >= 4 is 0 Å². The summed E-state index contributed by atoms with van der Waals surface area (Å²) in [6.45, 7) is 8.40. The maximum absolute atomic E-state index is 5.41. The van der Waals surface area contributed by atoms with Crippen molar-refractivity contribution in [2.24, 2.45) is 11.8 Å². The number of piperidine rings is 1. The number of rotatable bonds is 5. The highest BCUT2D eigenvalue weighted by Gasteiger charge is 2.18. The lowest BCUT2D eigenvalue weighted by Gasteiger charge is -2.32. The minimum atomic E-state index is 0.955. The minimum Gasteiger partial charge on any atom is -0.381 e. The summed E-state index contributed by atoms with van der Waals surface area (Å²) < 4.78 is 5.41. The molecule has 0 atom stereocenters. The van der Waals surface area contributed by atoms with Gasteiger partial charge in [0.2, 0.25) is 0 Å². The second-order valence-corrected chi connectivity index (χ2v) is 5.89. The fourth-order valence-corrected chi connectivity index (χ4v) is 3.26. The first-order valence-corrected chi connectivity index (χ1v) is 7.68. The molecule has 0 amide bonds. The van der Waals surface area contributed by atoms with Crippen LogP contribution in [0.4, 0.5) is 0 Å². The molecule has 2 heteroatoms. The molecule has 0 aromatic carbocycles. The van der Waals surface area contributed by atoms with E-state index in [0.717, 1.165) is 25.0 Å². The molecule has 100 valence electrons.